The van der Waals surface area contributed by atoms with E-state index in [-0.39, 0.29) is 28.8 Å². The predicted octanol–water partition coefficient (Wildman–Crippen LogP) is 2.79. The van der Waals surface area contributed by atoms with Crippen LogP contribution in [-0.2, 0) is 0 Å². The van der Waals surface area contributed by atoms with Gasteiger partial charge in [0.25, 0.3) is 0 Å². The summed E-state index contributed by atoms with van der Waals surface area (Å²) in [6.45, 7) is 8.91. The number of aromatic nitrogens is 1. The first-order valence-electron chi connectivity index (χ1n) is 6.48. The minimum absolute atomic E-state index is 0.0389. The lowest BCUT2D eigenvalue weighted by molar-refractivity contribution is -0.0130. The molecule has 0 atom stereocenters. The van der Waals surface area contributed by atoms with Gasteiger partial charge < -0.3 is 10.2 Å². The minimum Gasteiger partial charge on any atom is -0.495 e. The van der Waals surface area contributed by atoms with E-state index in [0.717, 1.165) is 18.4 Å². The molecule has 2 heterocycles. The second-order valence-electron chi connectivity index (χ2n) is 6.75. The number of aromatic hydroxyl groups is 2. The van der Waals surface area contributed by atoms with Gasteiger partial charge in [-0.3, -0.25) is 9.88 Å². The Morgan fingerprint density at radius 2 is 1.67 bits per heavy atom. The van der Waals surface area contributed by atoms with E-state index in [4.69, 9.17) is 0 Å². The Kier molecular flexibility index (Phi) is 2.89. The molecule has 1 saturated heterocycles. The minimum atomic E-state index is 0.0389. The zero-order valence-corrected chi connectivity index (χ0v) is 11.9. The second kappa shape index (κ2) is 3.92. The average Bonchev–Trinajstić information content (AvgIpc) is 2.53. The van der Waals surface area contributed by atoms with Crippen molar-refractivity contribution in [1.29, 1.82) is 0 Å². The van der Waals surface area contributed by atoms with Crippen molar-refractivity contribution in [1.82, 2.24) is 9.88 Å². The average molecular weight is 252 g/mol. The van der Waals surface area contributed by atoms with Crippen LogP contribution in [-0.4, -0.2) is 38.2 Å². The highest BCUT2D eigenvalue weighted by Crippen LogP contribution is 2.47. The van der Waals surface area contributed by atoms with Gasteiger partial charge in [0, 0.05) is 22.7 Å². The van der Waals surface area contributed by atoms with Gasteiger partial charge in [0.2, 0.25) is 0 Å². The number of likely N-dealkylation sites (tertiary alicyclic amines) is 1. The fraction of sp³-hybridized carbons (Fsp3) is 0.714. The van der Waals surface area contributed by atoms with Gasteiger partial charge in [-0.05, 0) is 53.5 Å². The molecule has 1 aliphatic rings. The Morgan fingerprint density at radius 1 is 1.17 bits per heavy atom. The number of H-pyrrole nitrogens is 1. The normalized spacial score (nSPS) is 24.3. The first kappa shape index (κ1) is 13.3. The third-order valence-electron chi connectivity index (χ3n) is 4.56. The van der Waals surface area contributed by atoms with E-state index in [1.807, 2.05) is 0 Å². The molecule has 102 valence electrons. The molecular weight excluding hydrogens is 228 g/mol. The molecule has 0 unspecified atom stereocenters. The molecule has 1 aromatic heterocycles. The number of nitrogens with zero attached hydrogens (tertiary/aromatic N) is 1. The van der Waals surface area contributed by atoms with Crippen molar-refractivity contribution in [2.45, 2.75) is 57.5 Å². The van der Waals surface area contributed by atoms with E-state index >= 15 is 0 Å². The van der Waals surface area contributed by atoms with Gasteiger partial charge in [-0.2, -0.15) is 0 Å². The monoisotopic (exact) mass is 252 g/mol. The summed E-state index contributed by atoms with van der Waals surface area (Å²) in [4.78, 5) is 4.97. The third kappa shape index (κ3) is 2.09. The molecule has 0 aromatic carbocycles. The van der Waals surface area contributed by atoms with Gasteiger partial charge in [0.05, 0.1) is 0 Å². The summed E-state index contributed by atoms with van der Waals surface area (Å²) in [5, 5.41) is 19.3. The maximum absolute atomic E-state index is 9.86. The van der Waals surface area contributed by atoms with Crippen LogP contribution in [0.25, 0.3) is 0 Å². The molecule has 4 heteroatoms. The molecule has 2 rings (SSSR count). The van der Waals surface area contributed by atoms with E-state index in [1.54, 1.807) is 6.07 Å². The Labute approximate surface area is 109 Å². The SMILES string of the molecule is CN1C(C)(C)CC(c2cc(O)[nH]c2O)CC1(C)C. The van der Waals surface area contributed by atoms with Crippen LogP contribution in [0.4, 0.5) is 0 Å². The van der Waals surface area contributed by atoms with Crippen molar-refractivity contribution in [2.75, 3.05) is 7.05 Å². The molecule has 0 bridgehead atoms. The molecule has 0 amide bonds. The summed E-state index contributed by atoms with van der Waals surface area (Å²) >= 11 is 0. The number of piperidine rings is 1. The maximum atomic E-state index is 9.86. The standard InChI is InChI=1S/C14H24N2O2/c1-13(2)7-9(8-14(3,4)16(13)5)10-6-11(17)15-12(10)18/h6,9,15,17-18H,7-8H2,1-5H3. The molecule has 0 spiro atoms. The topological polar surface area (TPSA) is 59.5 Å². The van der Waals surface area contributed by atoms with Crippen LogP contribution in [0.15, 0.2) is 6.07 Å². The zero-order valence-electron chi connectivity index (χ0n) is 11.9. The van der Waals surface area contributed by atoms with Crippen molar-refractivity contribution >= 4 is 0 Å². The van der Waals surface area contributed by atoms with E-state index < -0.39 is 0 Å². The van der Waals surface area contributed by atoms with Crippen LogP contribution >= 0.6 is 0 Å². The van der Waals surface area contributed by atoms with Gasteiger partial charge in [0.15, 0.2) is 11.8 Å². The lowest BCUT2D eigenvalue weighted by Gasteiger charge is -2.53. The molecule has 0 saturated carbocycles. The maximum Gasteiger partial charge on any atom is 0.194 e. The van der Waals surface area contributed by atoms with E-state index in [1.165, 1.54) is 0 Å². The van der Waals surface area contributed by atoms with Crippen molar-refractivity contribution in [2.24, 2.45) is 0 Å². The van der Waals surface area contributed by atoms with Crippen LogP contribution < -0.4 is 0 Å². The molecule has 4 nitrogen and oxygen atoms in total. The summed E-state index contributed by atoms with van der Waals surface area (Å²) in [6.07, 6.45) is 1.94. The third-order valence-corrected chi connectivity index (χ3v) is 4.56. The molecule has 1 aliphatic heterocycles. The molecule has 0 radical (unpaired) electrons. The van der Waals surface area contributed by atoms with Crippen LogP contribution in [0.1, 0.15) is 52.0 Å². The number of hydrogen-bond donors (Lipinski definition) is 3. The first-order valence-corrected chi connectivity index (χ1v) is 6.48. The number of rotatable bonds is 1. The Hall–Kier alpha value is -1.16. The smallest absolute Gasteiger partial charge is 0.194 e. The van der Waals surface area contributed by atoms with Gasteiger partial charge >= 0.3 is 0 Å². The van der Waals surface area contributed by atoms with Crippen LogP contribution in [0.3, 0.4) is 0 Å². The summed E-state index contributed by atoms with van der Waals surface area (Å²) in [7, 11) is 2.16. The Balaban J connectivity index is 2.34. The summed E-state index contributed by atoms with van der Waals surface area (Å²) in [6, 6.07) is 1.65. The molecule has 1 fully saturated rings. The number of hydrogen-bond acceptors (Lipinski definition) is 3. The predicted molar refractivity (Wildman–Crippen MR) is 72.0 cm³/mol. The van der Waals surface area contributed by atoms with Gasteiger partial charge in [-0.1, -0.05) is 0 Å². The number of aromatic amines is 1. The van der Waals surface area contributed by atoms with Crippen LogP contribution in [0.2, 0.25) is 0 Å². The highest BCUT2D eigenvalue weighted by Gasteiger charge is 2.44. The summed E-state index contributed by atoms with van der Waals surface area (Å²) < 4.78 is 0. The van der Waals surface area contributed by atoms with Gasteiger partial charge in [-0.15, -0.1) is 0 Å². The van der Waals surface area contributed by atoms with Crippen LogP contribution in [0.5, 0.6) is 11.8 Å². The second-order valence-corrected chi connectivity index (χ2v) is 6.75. The molecule has 18 heavy (non-hydrogen) atoms. The van der Waals surface area contributed by atoms with Gasteiger partial charge in [-0.25, -0.2) is 0 Å². The largest absolute Gasteiger partial charge is 0.495 e. The van der Waals surface area contributed by atoms with E-state index in [0.29, 0.717) is 0 Å². The van der Waals surface area contributed by atoms with Crippen molar-refractivity contribution in [3.05, 3.63) is 11.6 Å². The molecule has 0 aliphatic carbocycles. The van der Waals surface area contributed by atoms with E-state index in [9.17, 15) is 10.2 Å². The fourth-order valence-electron chi connectivity index (χ4n) is 3.35. The Bertz CT molecular complexity index is 431. The fourth-order valence-corrected chi connectivity index (χ4v) is 3.35. The molecular formula is C14H24N2O2. The lowest BCUT2D eigenvalue weighted by Crippen LogP contribution is -2.58. The van der Waals surface area contributed by atoms with Gasteiger partial charge in [0.1, 0.15) is 0 Å². The quantitative estimate of drug-likeness (QED) is 0.720. The summed E-state index contributed by atoms with van der Waals surface area (Å²) in [5.74, 6) is 0.411. The lowest BCUT2D eigenvalue weighted by atomic mass is 9.72. The molecule has 1 aromatic rings. The van der Waals surface area contributed by atoms with Crippen LogP contribution in [0, 0.1) is 0 Å². The number of nitrogens with one attached hydrogen (secondary N) is 1. The molecule has 3 N–H and O–H groups in total. The summed E-state index contributed by atoms with van der Waals surface area (Å²) in [5.41, 5.74) is 0.985. The highest BCUT2D eigenvalue weighted by atomic mass is 16.3. The Morgan fingerprint density at radius 3 is 2.06 bits per heavy atom. The first-order chi connectivity index (χ1) is 8.13. The van der Waals surface area contributed by atoms with Crippen molar-refractivity contribution in [3.63, 3.8) is 0 Å². The highest BCUT2D eigenvalue weighted by molar-refractivity contribution is 5.37. The van der Waals surface area contributed by atoms with Crippen molar-refractivity contribution in [3.8, 4) is 11.8 Å². The van der Waals surface area contributed by atoms with E-state index in [2.05, 4.69) is 44.6 Å². The zero-order chi connectivity index (χ0) is 13.7. The van der Waals surface area contributed by atoms with Crippen molar-refractivity contribution < 1.29 is 10.2 Å².